The standard InChI is InChI=1S/C25H22O4/c1-28-24(26)22-14-20-18-10-6-16(7-11-18)4-3-5-17-8-12-19(13-9-17)21(20)15-23(22)25(27)29-2/h6-15H,3-5H2,1-2H3. The van der Waals surface area contributed by atoms with Crippen molar-refractivity contribution < 1.29 is 19.1 Å². The quantitative estimate of drug-likeness (QED) is 0.576. The van der Waals surface area contributed by atoms with Crippen LogP contribution in [0.2, 0.25) is 0 Å². The Morgan fingerprint density at radius 2 is 1.03 bits per heavy atom. The molecular weight excluding hydrogens is 364 g/mol. The summed E-state index contributed by atoms with van der Waals surface area (Å²) in [4.78, 5) is 24.8. The summed E-state index contributed by atoms with van der Waals surface area (Å²) < 4.78 is 9.84. The van der Waals surface area contributed by atoms with Gasteiger partial charge in [-0.1, -0.05) is 48.5 Å². The zero-order valence-corrected chi connectivity index (χ0v) is 16.5. The highest BCUT2D eigenvalue weighted by molar-refractivity contribution is 6.06. The SMILES string of the molecule is COC(=O)c1cc2c(cc1C(=O)OC)-c1ccc(cc1)CCCc1ccc-2cc1. The Hall–Kier alpha value is -3.40. The molecule has 0 aliphatic heterocycles. The predicted molar refractivity (Wildman–Crippen MR) is 112 cm³/mol. The Bertz CT molecular complexity index is 977. The molecule has 0 unspecified atom stereocenters. The molecule has 4 aliphatic carbocycles. The van der Waals surface area contributed by atoms with E-state index < -0.39 is 11.9 Å². The maximum atomic E-state index is 12.4. The van der Waals surface area contributed by atoms with Crippen molar-refractivity contribution in [3.8, 4) is 22.3 Å². The molecule has 3 aromatic carbocycles. The first-order valence-electron chi connectivity index (χ1n) is 9.64. The topological polar surface area (TPSA) is 52.6 Å². The van der Waals surface area contributed by atoms with Crippen LogP contribution in [0.4, 0.5) is 0 Å². The Morgan fingerprint density at radius 3 is 1.38 bits per heavy atom. The van der Waals surface area contributed by atoms with Gasteiger partial charge in [-0.3, -0.25) is 0 Å². The molecule has 4 aliphatic rings. The fourth-order valence-corrected chi connectivity index (χ4v) is 3.83. The number of hydrogen-bond acceptors (Lipinski definition) is 4. The van der Waals surface area contributed by atoms with Gasteiger partial charge >= 0.3 is 11.9 Å². The van der Waals surface area contributed by atoms with Gasteiger partial charge in [0.2, 0.25) is 0 Å². The second kappa shape index (κ2) is 7.92. The highest BCUT2D eigenvalue weighted by Gasteiger charge is 2.23. The highest BCUT2D eigenvalue weighted by Crippen LogP contribution is 2.36. The second-order valence-corrected chi connectivity index (χ2v) is 7.17. The zero-order valence-electron chi connectivity index (χ0n) is 16.5. The number of benzene rings is 3. The molecule has 0 saturated carbocycles. The molecule has 0 fully saturated rings. The third-order valence-electron chi connectivity index (χ3n) is 5.43. The Kier molecular flexibility index (Phi) is 5.17. The smallest absolute Gasteiger partial charge is 0.338 e. The lowest BCUT2D eigenvalue weighted by molar-refractivity contribution is 0.0555. The first-order valence-corrected chi connectivity index (χ1v) is 9.64. The van der Waals surface area contributed by atoms with E-state index in [1.54, 1.807) is 12.1 Å². The molecule has 0 amide bonds. The molecule has 29 heavy (non-hydrogen) atoms. The number of hydrogen-bond donors (Lipinski definition) is 0. The Labute approximate surface area is 170 Å². The van der Waals surface area contributed by atoms with Crippen molar-refractivity contribution in [3.05, 3.63) is 82.9 Å². The van der Waals surface area contributed by atoms with Crippen LogP contribution in [-0.2, 0) is 22.3 Å². The van der Waals surface area contributed by atoms with Gasteiger partial charge in [0.25, 0.3) is 0 Å². The molecule has 4 heteroatoms. The fourth-order valence-electron chi connectivity index (χ4n) is 3.83. The molecule has 0 saturated heterocycles. The van der Waals surface area contributed by atoms with Crippen LogP contribution in [0.5, 0.6) is 0 Å². The zero-order chi connectivity index (χ0) is 20.4. The molecular formula is C25H22O4. The number of ether oxygens (including phenoxy) is 2. The summed E-state index contributed by atoms with van der Waals surface area (Å²) in [6.45, 7) is 0. The monoisotopic (exact) mass is 386 g/mol. The number of esters is 2. The third-order valence-corrected chi connectivity index (χ3v) is 5.43. The van der Waals surface area contributed by atoms with Gasteiger partial charge in [-0.25, -0.2) is 9.59 Å². The number of methoxy groups -OCH3 is 2. The predicted octanol–water partition coefficient (Wildman–Crippen LogP) is 5.08. The first-order chi connectivity index (χ1) is 14.1. The van der Waals surface area contributed by atoms with Crippen molar-refractivity contribution >= 4 is 11.9 Å². The molecule has 0 heterocycles. The minimum absolute atomic E-state index is 0.197. The van der Waals surface area contributed by atoms with Crippen LogP contribution in [-0.4, -0.2) is 26.2 Å². The van der Waals surface area contributed by atoms with Crippen LogP contribution >= 0.6 is 0 Å². The van der Waals surface area contributed by atoms with Crippen LogP contribution in [0.15, 0.2) is 60.7 Å². The third kappa shape index (κ3) is 3.66. The van der Waals surface area contributed by atoms with Gasteiger partial charge in [0.05, 0.1) is 25.3 Å². The maximum absolute atomic E-state index is 12.4. The van der Waals surface area contributed by atoms with Gasteiger partial charge in [0.15, 0.2) is 0 Å². The average molecular weight is 386 g/mol. The Morgan fingerprint density at radius 1 is 0.655 bits per heavy atom. The number of carbonyl (C=O) groups is 2. The molecule has 146 valence electrons. The van der Waals surface area contributed by atoms with Crippen molar-refractivity contribution in [3.63, 3.8) is 0 Å². The van der Waals surface area contributed by atoms with Crippen molar-refractivity contribution in [2.75, 3.05) is 14.2 Å². The summed E-state index contributed by atoms with van der Waals surface area (Å²) in [6.07, 6.45) is 3.12. The van der Waals surface area contributed by atoms with Crippen LogP contribution in [0.25, 0.3) is 22.3 Å². The number of rotatable bonds is 2. The fraction of sp³-hybridized carbons (Fsp3) is 0.200. The van der Waals surface area contributed by atoms with Gasteiger partial charge in [-0.05, 0) is 64.8 Å². The molecule has 0 N–H and O–H groups in total. The maximum Gasteiger partial charge on any atom is 0.338 e. The molecule has 4 nitrogen and oxygen atoms in total. The second-order valence-electron chi connectivity index (χ2n) is 7.17. The highest BCUT2D eigenvalue weighted by atomic mass is 16.5. The first kappa shape index (κ1) is 18.9. The molecule has 7 rings (SSSR count). The van der Waals surface area contributed by atoms with E-state index in [4.69, 9.17) is 9.47 Å². The lowest BCUT2D eigenvalue weighted by Gasteiger charge is -2.16. The van der Waals surface area contributed by atoms with Crippen LogP contribution in [0, 0.1) is 0 Å². The van der Waals surface area contributed by atoms with E-state index in [-0.39, 0.29) is 11.1 Å². The van der Waals surface area contributed by atoms with E-state index in [0.29, 0.717) is 0 Å². The van der Waals surface area contributed by atoms with Crippen LogP contribution < -0.4 is 0 Å². The van der Waals surface area contributed by atoms with Crippen LogP contribution in [0.3, 0.4) is 0 Å². The number of carbonyl (C=O) groups excluding carboxylic acids is 2. The van der Waals surface area contributed by atoms with E-state index in [1.807, 2.05) is 0 Å². The van der Waals surface area contributed by atoms with E-state index in [2.05, 4.69) is 48.5 Å². The van der Waals surface area contributed by atoms with Gasteiger partial charge in [-0.2, -0.15) is 0 Å². The normalized spacial score (nSPS) is 12.3. The van der Waals surface area contributed by atoms with E-state index >= 15 is 0 Å². The van der Waals surface area contributed by atoms with Crippen molar-refractivity contribution in [1.29, 1.82) is 0 Å². The summed E-state index contributed by atoms with van der Waals surface area (Å²) in [7, 11) is 2.61. The molecule has 4 bridgehead atoms. The van der Waals surface area contributed by atoms with E-state index in [1.165, 1.54) is 25.3 Å². The summed E-state index contributed by atoms with van der Waals surface area (Å²) in [5.41, 5.74) is 6.66. The van der Waals surface area contributed by atoms with Gasteiger partial charge in [0.1, 0.15) is 0 Å². The summed E-state index contributed by atoms with van der Waals surface area (Å²) in [5.74, 6) is -1.13. The largest absolute Gasteiger partial charge is 0.465 e. The summed E-state index contributed by atoms with van der Waals surface area (Å²) in [5, 5.41) is 0. The Balaban J connectivity index is 2.02. The minimum atomic E-state index is -0.567. The molecule has 0 atom stereocenters. The average Bonchev–Trinajstić information content (AvgIpc) is 2.81. The van der Waals surface area contributed by atoms with Crippen molar-refractivity contribution in [1.82, 2.24) is 0 Å². The van der Waals surface area contributed by atoms with Crippen LogP contribution in [0.1, 0.15) is 38.3 Å². The molecule has 0 radical (unpaired) electrons. The van der Waals surface area contributed by atoms with E-state index in [0.717, 1.165) is 41.5 Å². The number of aryl methyl sites for hydroxylation is 2. The minimum Gasteiger partial charge on any atom is -0.465 e. The van der Waals surface area contributed by atoms with Crippen molar-refractivity contribution in [2.45, 2.75) is 19.3 Å². The molecule has 0 aromatic heterocycles. The molecule has 0 spiro atoms. The summed E-state index contributed by atoms with van der Waals surface area (Å²) >= 11 is 0. The van der Waals surface area contributed by atoms with Gasteiger partial charge in [0, 0.05) is 0 Å². The molecule has 3 aromatic rings. The van der Waals surface area contributed by atoms with Gasteiger partial charge < -0.3 is 9.47 Å². The lowest BCUT2D eigenvalue weighted by atomic mass is 9.89. The van der Waals surface area contributed by atoms with E-state index in [9.17, 15) is 9.59 Å². The van der Waals surface area contributed by atoms with Crippen molar-refractivity contribution in [2.24, 2.45) is 0 Å². The lowest BCUT2D eigenvalue weighted by Crippen LogP contribution is -2.12. The van der Waals surface area contributed by atoms with Gasteiger partial charge in [-0.15, -0.1) is 0 Å². The summed E-state index contributed by atoms with van der Waals surface area (Å²) in [6, 6.07) is 20.2.